The summed E-state index contributed by atoms with van der Waals surface area (Å²) in [6.07, 6.45) is 6.38. The molecule has 5 nitrogen and oxygen atoms in total. The number of carbonyl (C=O) groups excluding carboxylic acids is 1. The van der Waals surface area contributed by atoms with Crippen LogP contribution in [0.25, 0.3) is 21.3 Å². The monoisotopic (exact) mass is 409 g/mol. The molecule has 2 unspecified atom stereocenters. The van der Waals surface area contributed by atoms with Crippen LogP contribution in [0.1, 0.15) is 44.6 Å². The molecule has 2 aromatic heterocycles. The van der Waals surface area contributed by atoms with Crippen molar-refractivity contribution in [3.8, 4) is 11.1 Å². The summed E-state index contributed by atoms with van der Waals surface area (Å²) in [5.41, 5.74) is 3.04. The van der Waals surface area contributed by atoms with Crippen LogP contribution in [0.2, 0.25) is 0 Å². The molecule has 0 spiro atoms. The van der Waals surface area contributed by atoms with Crippen molar-refractivity contribution >= 4 is 27.5 Å². The number of carbonyl (C=O) groups is 1. The van der Waals surface area contributed by atoms with Gasteiger partial charge in [0, 0.05) is 30.0 Å². The lowest BCUT2D eigenvalue weighted by Gasteiger charge is -2.27. The molecule has 6 heteroatoms. The van der Waals surface area contributed by atoms with Crippen LogP contribution >= 0.6 is 11.3 Å². The lowest BCUT2D eigenvalue weighted by Crippen LogP contribution is -2.38. The maximum Gasteiger partial charge on any atom is 0.262 e. The zero-order valence-corrected chi connectivity index (χ0v) is 17.8. The summed E-state index contributed by atoms with van der Waals surface area (Å²) < 4.78 is 1.57. The fraction of sp³-hybridized carbons (Fsp3) is 0.435. The van der Waals surface area contributed by atoms with Crippen molar-refractivity contribution in [2.75, 3.05) is 0 Å². The Balaban J connectivity index is 1.50. The van der Waals surface area contributed by atoms with Crippen LogP contribution in [0.4, 0.5) is 0 Å². The van der Waals surface area contributed by atoms with E-state index in [0.717, 1.165) is 28.8 Å². The minimum absolute atomic E-state index is 0.0140. The number of hydrogen-bond acceptors (Lipinski definition) is 4. The number of rotatable bonds is 5. The lowest BCUT2D eigenvalue weighted by atomic mass is 9.87. The van der Waals surface area contributed by atoms with Gasteiger partial charge in [0.05, 0.1) is 11.7 Å². The van der Waals surface area contributed by atoms with Crippen molar-refractivity contribution < 1.29 is 4.79 Å². The number of thiophene rings is 1. The number of nitrogens with zero attached hydrogens (tertiary/aromatic N) is 2. The van der Waals surface area contributed by atoms with Crippen molar-refractivity contribution in [1.29, 1.82) is 0 Å². The van der Waals surface area contributed by atoms with Gasteiger partial charge in [-0.15, -0.1) is 11.3 Å². The first-order chi connectivity index (χ1) is 14.0. The molecule has 0 radical (unpaired) electrons. The minimum atomic E-state index is -0.0779. The minimum Gasteiger partial charge on any atom is -0.353 e. The highest BCUT2D eigenvalue weighted by Crippen LogP contribution is 2.30. The van der Waals surface area contributed by atoms with Crippen LogP contribution < -0.4 is 10.9 Å². The summed E-state index contributed by atoms with van der Waals surface area (Å²) in [7, 11) is 0. The molecule has 29 heavy (non-hydrogen) atoms. The van der Waals surface area contributed by atoms with Gasteiger partial charge in [0.2, 0.25) is 5.91 Å². The second kappa shape index (κ2) is 8.49. The average Bonchev–Trinajstić information content (AvgIpc) is 3.13. The Labute approximate surface area is 174 Å². The maximum atomic E-state index is 13.1. The molecule has 1 amide bonds. The van der Waals surface area contributed by atoms with Gasteiger partial charge < -0.3 is 5.32 Å². The van der Waals surface area contributed by atoms with Gasteiger partial charge in [0.25, 0.3) is 5.56 Å². The van der Waals surface area contributed by atoms with Crippen molar-refractivity contribution in [3.63, 3.8) is 0 Å². The van der Waals surface area contributed by atoms with Gasteiger partial charge in [-0.25, -0.2) is 4.98 Å². The van der Waals surface area contributed by atoms with E-state index in [1.165, 1.54) is 29.7 Å². The summed E-state index contributed by atoms with van der Waals surface area (Å²) in [5.74, 6) is 0.683. The predicted octanol–water partition coefficient (Wildman–Crippen LogP) is 4.52. The molecule has 2 heterocycles. The molecule has 1 N–H and O–H groups in total. The second-order valence-corrected chi connectivity index (χ2v) is 9.08. The molecular weight excluding hydrogens is 382 g/mol. The SMILES string of the molecule is Cc1ccc(-c2csc3ncn(CCC(=O)NC4CCCC(C)C4)c(=O)c23)cc1. The van der Waals surface area contributed by atoms with E-state index in [4.69, 9.17) is 0 Å². The Morgan fingerprint density at radius 2 is 2.07 bits per heavy atom. The number of benzene rings is 1. The topological polar surface area (TPSA) is 64.0 Å². The molecule has 0 aliphatic heterocycles. The Morgan fingerprint density at radius 3 is 2.83 bits per heavy atom. The van der Waals surface area contributed by atoms with Crippen molar-refractivity contribution in [1.82, 2.24) is 14.9 Å². The largest absolute Gasteiger partial charge is 0.353 e. The molecule has 0 saturated heterocycles. The van der Waals surface area contributed by atoms with E-state index >= 15 is 0 Å². The predicted molar refractivity (Wildman–Crippen MR) is 118 cm³/mol. The Morgan fingerprint density at radius 1 is 1.28 bits per heavy atom. The van der Waals surface area contributed by atoms with Gasteiger partial charge in [-0.05, 0) is 31.2 Å². The smallest absolute Gasteiger partial charge is 0.262 e. The van der Waals surface area contributed by atoms with Crippen LogP contribution in [0.15, 0.2) is 40.8 Å². The lowest BCUT2D eigenvalue weighted by molar-refractivity contribution is -0.122. The third-order valence-electron chi connectivity index (χ3n) is 5.80. The van der Waals surface area contributed by atoms with E-state index in [1.54, 1.807) is 10.9 Å². The van der Waals surface area contributed by atoms with Gasteiger partial charge in [-0.3, -0.25) is 14.2 Å². The third kappa shape index (κ3) is 4.42. The molecule has 152 valence electrons. The highest BCUT2D eigenvalue weighted by atomic mass is 32.1. The molecule has 3 aromatic rings. The number of fused-ring (bicyclic) bond motifs is 1. The van der Waals surface area contributed by atoms with Gasteiger partial charge in [0.15, 0.2) is 0 Å². The molecule has 2 atom stereocenters. The number of aromatic nitrogens is 2. The fourth-order valence-electron chi connectivity index (χ4n) is 4.16. The first-order valence-electron chi connectivity index (χ1n) is 10.3. The summed E-state index contributed by atoms with van der Waals surface area (Å²) >= 11 is 1.48. The molecule has 4 rings (SSSR count). The zero-order chi connectivity index (χ0) is 20.4. The summed E-state index contributed by atoms with van der Waals surface area (Å²) in [6.45, 7) is 4.63. The molecular formula is C23H27N3O2S. The summed E-state index contributed by atoms with van der Waals surface area (Å²) in [6, 6.07) is 8.43. The average molecular weight is 410 g/mol. The van der Waals surface area contributed by atoms with Gasteiger partial charge in [0.1, 0.15) is 4.83 Å². The Hall–Kier alpha value is -2.47. The van der Waals surface area contributed by atoms with Crippen LogP contribution in [0.5, 0.6) is 0 Å². The van der Waals surface area contributed by atoms with Crippen molar-refractivity contribution in [2.45, 2.75) is 58.5 Å². The maximum absolute atomic E-state index is 13.1. The van der Waals surface area contributed by atoms with Crippen LogP contribution in [0, 0.1) is 12.8 Å². The van der Waals surface area contributed by atoms with Crippen molar-refractivity contribution in [2.24, 2.45) is 5.92 Å². The molecule has 1 aromatic carbocycles. The first-order valence-corrected chi connectivity index (χ1v) is 11.2. The highest BCUT2D eigenvalue weighted by molar-refractivity contribution is 7.17. The quantitative estimate of drug-likeness (QED) is 0.674. The van der Waals surface area contributed by atoms with Gasteiger partial charge in [-0.1, -0.05) is 49.6 Å². The van der Waals surface area contributed by atoms with Crippen LogP contribution in [-0.4, -0.2) is 21.5 Å². The van der Waals surface area contributed by atoms with Crippen molar-refractivity contribution in [3.05, 3.63) is 51.9 Å². The number of aryl methyl sites for hydroxylation is 2. The Kier molecular flexibility index (Phi) is 5.81. The molecule has 1 aliphatic carbocycles. The molecule has 1 saturated carbocycles. The van der Waals surface area contributed by atoms with Gasteiger partial charge in [-0.2, -0.15) is 0 Å². The van der Waals surface area contributed by atoms with E-state index in [2.05, 4.69) is 17.2 Å². The summed E-state index contributed by atoms with van der Waals surface area (Å²) in [5, 5.41) is 5.77. The van der Waals surface area contributed by atoms with E-state index in [9.17, 15) is 9.59 Å². The van der Waals surface area contributed by atoms with E-state index in [0.29, 0.717) is 24.3 Å². The fourth-order valence-corrected chi connectivity index (χ4v) is 5.07. The highest BCUT2D eigenvalue weighted by Gasteiger charge is 2.20. The third-order valence-corrected chi connectivity index (χ3v) is 6.69. The van der Waals surface area contributed by atoms with Crippen LogP contribution in [-0.2, 0) is 11.3 Å². The normalized spacial score (nSPS) is 19.4. The van der Waals surface area contributed by atoms with Gasteiger partial charge >= 0.3 is 0 Å². The van der Waals surface area contributed by atoms with E-state index in [1.807, 2.05) is 36.6 Å². The van der Waals surface area contributed by atoms with E-state index < -0.39 is 0 Å². The number of nitrogens with one attached hydrogen (secondary N) is 1. The summed E-state index contributed by atoms with van der Waals surface area (Å²) in [4.78, 5) is 30.7. The zero-order valence-electron chi connectivity index (χ0n) is 17.0. The molecule has 1 aliphatic rings. The number of hydrogen-bond donors (Lipinski definition) is 1. The molecule has 1 fully saturated rings. The van der Waals surface area contributed by atoms with E-state index in [-0.39, 0.29) is 17.5 Å². The second-order valence-electron chi connectivity index (χ2n) is 8.22. The number of amides is 1. The molecule has 0 bridgehead atoms. The standard InChI is InChI=1S/C23H27N3O2S/c1-15-6-8-17(9-7-15)19-13-29-22-21(19)23(28)26(14-24-22)11-10-20(27)25-18-5-3-4-16(2)12-18/h6-9,13-14,16,18H,3-5,10-12H2,1-2H3,(H,25,27). The van der Waals surface area contributed by atoms with Crippen LogP contribution in [0.3, 0.4) is 0 Å². The Bertz CT molecular complexity index is 1070. The first kappa shape index (κ1) is 19.8.